The molecule has 0 bridgehead atoms. The largest absolute Gasteiger partial charge is 1.00 e. The molecule has 0 saturated heterocycles. The van der Waals surface area contributed by atoms with Gasteiger partial charge in [-0.3, -0.25) is 0 Å². The third kappa shape index (κ3) is 18.1. The smallest absolute Gasteiger partial charge is 1.00 e. The van der Waals surface area contributed by atoms with Crippen LogP contribution in [0.4, 0.5) is 0 Å². The quantitative estimate of drug-likeness (QED) is 0.393. The van der Waals surface area contributed by atoms with E-state index in [4.69, 9.17) is 0 Å². The van der Waals surface area contributed by atoms with Gasteiger partial charge in [0.05, 0.1) is 0 Å². The van der Waals surface area contributed by atoms with E-state index in [0.717, 1.165) is 0 Å². The van der Waals surface area contributed by atoms with E-state index >= 15 is 0 Å². The molecule has 0 fully saturated rings. The van der Waals surface area contributed by atoms with Gasteiger partial charge in [-0.15, -0.1) is 0 Å². The maximum absolute atomic E-state index is 0. The molecule has 21 valence electrons. The zero-order chi connectivity index (χ0) is 0. The zero-order valence-corrected chi connectivity index (χ0v) is 12.5. The summed E-state index contributed by atoms with van der Waals surface area (Å²) in [7, 11) is 0. The minimum atomic E-state index is 0. The Hall–Kier alpha value is 3.93. The first-order valence-electron chi connectivity index (χ1n) is 0. The number of hydrogen-bond donors (Lipinski definition) is 0. The van der Waals surface area contributed by atoms with Gasteiger partial charge in [0.2, 0.25) is 0 Å². The molecule has 0 aromatic heterocycles. The molecule has 0 nitrogen and oxygen atoms in total. The van der Waals surface area contributed by atoms with Crippen LogP contribution >= 0.6 is 0 Å². The normalized spacial score (nSPS) is 0. The summed E-state index contributed by atoms with van der Waals surface area (Å²) in [5.74, 6) is 0. The summed E-state index contributed by atoms with van der Waals surface area (Å²) < 4.78 is 0. The molecule has 0 N–H and O–H groups in total. The van der Waals surface area contributed by atoms with Crippen molar-refractivity contribution in [3.8, 4) is 0 Å². The zero-order valence-electron chi connectivity index (χ0n) is 3.65. The Morgan fingerprint density at radius 3 is 1.20 bits per heavy atom. The molecule has 0 rings (SSSR count). The third-order valence-corrected chi connectivity index (χ3v) is 0. The van der Waals surface area contributed by atoms with E-state index in [1.165, 1.54) is 0 Å². The van der Waals surface area contributed by atoms with Gasteiger partial charge >= 0.3 is 51.4 Å². The van der Waals surface area contributed by atoms with Crippen molar-refractivity contribution in [2.45, 2.75) is 0 Å². The first-order valence-corrected chi connectivity index (χ1v) is 0. The van der Waals surface area contributed by atoms with Crippen LogP contribution in [0.2, 0.25) is 0 Å². The van der Waals surface area contributed by atoms with Crippen LogP contribution in [0.1, 0.15) is 1.43 Å². The molecule has 1 radical (unpaired) electrons. The molecular weight excluding hydrogens is 273 g/mol. The molecule has 0 aliphatic rings. The van der Waals surface area contributed by atoms with Gasteiger partial charge in [0.25, 0.3) is 0 Å². The Labute approximate surface area is 124 Å². The Morgan fingerprint density at radius 1 is 1.20 bits per heavy atom. The van der Waals surface area contributed by atoms with E-state index in [1.54, 1.807) is 0 Å². The summed E-state index contributed by atoms with van der Waals surface area (Å²) in [6.45, 7) is 0. The fraction of sp³-hybridized carbons (Fsp3) is 0. The van der Waals surface area contributed by atoms with Crippen LogP contribution in [0, 0.1) is 0 Å². The van der Waals surface area contributed by atoms with Crippen molar-refractivity contribution >= 4 is 11.0 Å². The van der Waals surface area contributed by atoms with Crippen LogP contribution in [-0.4, -0.2) is 11.0 Å². The van der Waals surface area contributed by atoms with E-state index in [0.29, 0.717) is 0 Å². The van der Waals surface area contributed by atoms with Crippen molar-refractivity contribution < 1.29 is 116 Å². The van der Waals surface area contributed by atoms with Gasteiger partial charge in [-0.2, -0.15) is 0 Å². The minimum Gasteiger partial charge on any atom is -1.00 e. The predicted molar refractivity (Wildman–Crippen MR) is 12.4 cm³/mol. The molecule has 5 heteroatoms. The molecule has 5 heavy (non-hydrogen) atoms. The Bertz CT molecular complexity index is 15.5. The molecule has 0 unspecified atom stereocenters. The molecule has 0 heterocycles. The maximum Gasteiger partial charge on any atom is 1.00 e. The van der Waals surface area contributed by atoms with E-state index in [9.17, 15) is 0 Å². The van der Waals surface area contributed by atoms with Crippen molar-refractivity contribution in [1.29, 1.82) is 0 Å². The fourth-order valence-corrected chi connectivity index (χ4v) is 0. The Kier molecular flexibility index (Phi) is 179. The molecule has 0 spiro atoms. The maximum atomic E-state index is 0. The minimum absolute atomic E-state index is 0. The second-order valence-corrected chi connectivity index (χ2v) is 0. The van der Waals surface area contributed by atoms with Gasteiger partial charge in [-0.1, -0.05) is 0 Å². The van der Waals surface area contributed by atoms with Crippen LogP contribution in [0.25, 0.3) is 0 Å². The monoisotopic (exact) mass is 277 g/mol. The van der Waals surface area contributed by atoms with Gasteiger partial charge in [-0.25, -0.2) is 0 Å². The molecule has 0 saturated carbocycles. The second-order valence-electron chi connectivity index (χ2n) is 0. The second kappa shape index (κ2) is 24.7. The van der Waals surface area contributed by atoms with Crippen LogP contribution < -0.4 is 51.4 Å². The summed E-state index contributed by atoms with van der Waals surface area (Å²) in [6.07, 6.45) is 0. The van der Waals surface area contributed by atoms with Crippen molar-refractivity contribution in [3.63, 3.8) is 0 Å². The molecular formula is H5KNbSiTiZn. The predicted octanol–water partition coefficient (Wildman–Crippen LogP) is -4.34. The summed E-state index contributed by atoms with van der Waals surface area (Å²) in [5.41, 5.74) is 0. The standard InChI is InChI=1S/K.Nb.H4Si.Ti.Zn.H/h;;1H4;;;/q+1;;;;;-1. The van der Waals surface area contributed by atoms with E-state index < -0.39 is 0 Å². The summed E-state index contributed by atoms with van der Waals surface area (Å²) in [4.78, 5) is 0. The topological polar surface area (TPSA) is 0 Å². The van der Waals surface area contributed by atoms with Crippen molar-refractivity contribution in [2.24, 2.45) is 0 Å². The Balaban J connectivity index is 0. The summed E-state index contributed by atoms with van der Waals surface area (Å²) in [6, 6.07) is 0. The molecule has 0 amide bonds. The van der Waals surface area contributed by atoms with Gasteiger partial charge in [0, 0.05) is 63.6 Å². The van der Waals surface area contributed by atoms with Crippen LogP contribution in [0.5, 0.6) is 0 Å². The van der Waals surface area contributed by atoms with Crippen molar-refractivity contribution in [3.05, 3.63) is 0 Å². The fourth-order valence-electron chi connectivity index (χ4n) is 0. The molecule has 0 aliphatic heterocycles. The average molecular weight is 278 g/mol. The number of hydrogen-bond acceptors (Lipinski definition) is 0. The van der Waals surface area contributed by atoms with Crippen molar-refractivity contribution in [1.82, 2.24) is 0 Å². The van der Waals surface area contributed by atoms with E-state index in [1.807, 2.05) is 0 Å². The summed E-state index contributed by atoms with van der Waals surface area (Å²) >= 11 is 0. The molecule has 0 aromatic rings. The first kappa shape index (κ1) is 36.4. The van der Waals surface area contributed by atoms with E-state index in [2.05, 4.69) is 0 Å². The molecule has 0 atom stereocenters. The van der Waals surface area contributed by atoms with Crippen molar-refractivity contribution in [2.75, 3.05) is 0 Å². The van der Waals surface area contributed by atoms with Crippen LogP contribution in [0.15, 0.2) is 0 Å². The van der Waals surface area contributed by atoms with Gasteiger partial charge in [-0.05, 0) is 11.0 Å². The van der Waals surface area contributed by atoms with Gasteiger partial charge in [0.1, 0.15) is 0 Å². The summed E-state index contributed by atoms with van der Waals surface area (Å²) in [5, 5.41) is 0. The van der Waals surface area contributed by atoms with Crippen LogP contribution in [0.3, 0.4) is 0 Å². The molecule has 0 aromatic carbocycles. The van der Waals surface area contributed by atoms with Gasteiger partial charge < -0.3 is 1.43 Å². The average Bonchev–Trinajstić information content (AvgIpc) is 0. The van der Waals surface area contributed by atoms with Crippen LogP contribution in [-0.2, 0) is 63.6 Å². The van der Waals surface area contributed by atoms with Gasteiger partial charge in [0.15, 0.2) is 0 Å². The van der Waals surface area contributed by atoms with E-state index in [-0.39, 0.29) is 127 Å². The third-order valence-electron chi connectivity index (χ3n) is 0. The first-order chi connectivity index (χ1) is 0. The Morgan fingerprint density at radius 2 is 1.20 bits per heavy atom. The molecule has 0 aliphatic carbocycles. The number of rotatable bonds is 0. The SMILES string of the molecule is [H-].[K+].[Nb].[SiH4].[Ti].[Zn].